The lowest BCUT2D eigenvalue weighted by Crippen LogP contribution is -2.32. The average Bonchev–Trinajstić information content (AvgIpc) is 2.34. The maximum Gasteiger partial charge on any atom is 0.103 e. The highest BCUT2D eigenvalue weighted by molar-refractivity contribution is 9.10. The van der Waals surface area contributed by atoms with Crippen LogP contribution < -0.4 is 4.90 Å². The van der Waals surface area contributed by atoms with E-state index in [2.05, 4.69) is 47.7 Å². The minimum absolute atomic E-state index is 0.406. The zero-order valence-electron chi connectivity index (χ0n) is 11.4. The molecule has 0 aliphatic carbocycles. The Kier molecular flexibility index (Phi) is 6.21. The molecule has 0 aliphatic rings. The highest BCUT2D eigenvalue weighted by Gasteiger charge is 2.15. The molecule has 0 bridgehead atoms. The first-order chi connectivity index (χ1) is 8.61. The van der Waals surface area contributed by atoms with Crippen molar-refractivity contribution in [3.8, 4) is 6.07 Å². The SMILES string of the molecule is CCCCCN(c1cccc(Br)c1C#N)C(C)C. The van der Waals surface area contributed by atoms with Gasteiger partial charge in [0.25, 0.3) is 0 Å². The molecule has 0 spiro atoms. The predicted molar refractivity (Wildman–Crippen MR) is 80.9 cm³/mol. The Hall–Kier alpha value is -1.01. The Morgan fingerprint density at radius 1 is 1.33 bits per heavy atom. The van der Waals surface area contributed by atoms with Gasteiger partial charge >= 0.3 is 0 Å². The molecule has 0 fully saturated rings. The van der Waals surface area contributed by atoms with E-state index in [-0.39, 0.29) is 0 Å². The smallest absolute Gasteiger partial charge is 0.103 e. The first-order valence-corrected chi connectivity index (χ1v) is 7.36. The minimum atomic E-state index is 0.406. The van der Waals surface area contributed by atoms with Crippen LogP contribution in [0.25, 0.3) is 0 Å². The van der Waals surface area contributed by atoms with E-state index in [4.69, 9.17) is 0 Å². The first-order valence-electron chi connectivity index (χ1n) is 6.57. The normalized spacial score (nSPS) is 10.4. The molecule has 2 nitrogen and oxygen atoms in total. The van der Waals surface area contributed by atoms with Crippen LogP contribution in [0.2, 0.25) is 0 Å². The van der Waals surface area contributed by atoms with Gasteiger partial charge in [-0.1, -0.05) is 25.8 Å². The van der Waals surface area contributed by atoms with Gasteiger partial charge in [-0.25, -0.2) is 0 Å². The second-order valence-electron chi connectivity index (χ2n) is 4.74. The molecule has 0 radical (unpaired) electrons. The molecule has 1 aromatic rings. The summed E-state index contributed by atoms with van der Waals surface area (Å²) >= 11 is 3.46. The molecular formula is C15H21BrN2. The maximum absolute atomic E-state index is 9.29. The number of hydrogen-bond acceptors (Lipinski definition) is 2. The fourth-order valence-corrected chi connectivity index (χ4v) is 2.50. The van der Waals surface area contributed by atoms with Gasteiger partial charge in [-0.15, -0.1) is 0 Å². The number of anilines is 1. The molecule has 0 atom stereocenters. The van der Waals surface area contributed by atoms with Gasteiger partial charge in [0.1, 0.15) is 6.07 Å². The minimum Gasteiger partial charge on any atom is -0.368 e. The van der Waals surface area contributed by atoms with Crippen molar-refractivity contribution in [3.63, 3.8) is 0 Å². The summed E-state index contributed by atoms with van der Waals surface area (Å²) in [5.74, 6) is 0. The topological polar surface area (TPSA) is 27.0 Å². The van der Waals surface area contributed by atoms with E-state index in [9.17, 15) is 5.26 Å². The fraction of sp³-hybridized carbons (Fsp3) is 0.533. The Balaban J connectivity index is 2.99. The number of nitrogens with zero attached hydrogens (tertiary/aromatic N) is 2. The van der Waals surface area contributed by atoms with Gasteiger partial charge in [0.15, 0.2) is 0 Å². The van der Waals surface area contributed by atoms with Gasteiger partial charge in [-0.05, 0) is 48.3 Å². The number of nitriles is 1. The average molecular weight is 309 g/mol. The molecule has 0 saturated heterocycles. The largest absolute Gasteiger partial charge is 0.368 e. The second-order valence-corrected chi connectivity index (χ2v) is 5.59. The third kappa shape index (κ3) is 3.74. The van der Waals surface area contributed by atoms with Gasteiger partial charge in [0.05, 0.1) is 11.3 Å². The van der Waals surface area contributed by atoms with Crippen LogP contribution in [0.5, 0.6) is 0 Å². The number of unbranched alkanes of at least 4 members (excludes halogenated alkanes) is 2. The number of benzene rings is 1. The summed E-state index contributed by atoms with van der Waals surface area (Å²) in [5.41, 5.74) is 1.78. The highest BCUT2D eigenvalue weighted by atomic mass is 79.9. The van der Waals surface area contributed by atoms with Crippen LogP contribution >= 0.6 is 15.9 Å². The van der Waals surface area contributed by atoms with E-state index >= 15 is 0 Å². The first kappa shape index (κ1) is 15.0. The van der Waals surface area contributed by atoms with Crippen LogP contribution in [0.15, 0.2) is 22.7 Å². The lowest BCUT2D eigenvalue weighted by molar-refractivity contribution is 0.625. The summed E-state index contributed by atoms with van der Waals surface area (Å²) in [5, 5.41) is 9.29. The molecule has 18 heavy (non-hydrogen) atoms. The Morgan fingerprint density at radius 3 is 2.61 bits per heavy atom. The Bertz CT molecular complexity index is 421. The molecule has 1 rings (SSSR count). The van der Waals surface area contributed by atoms with Crippen LogP contribution in [-0.4, -0.2) is 12.6 Å². The van der Waals surface area contributed by atoms with Crippen LogP contribution in [0.4, 0.5) is 5.69 Å². The Morgan fingerprint density at radius 2 is 2.06 bits per heavy atom. The number of rotatable bonds is 6. The fourth-order valence-electron chi connectivity index (χ4n) is 2.05. The van der Waals surface area contributed by atoms with E-state index in [1.54, 1.807) is 0 Å². The monoisotopic (exact) mass is 308 g/mol. The number of halogens is 1. The van der Waals surface area contributed by atoms with Gasteiger partial charge < -0.3 is 4.90 Å². The van der Waals surface area contributed by atoms with Crippen molar-refractivity contribution in [2.45, 2.75) is 46.1 Å². The summed E-state index contributed by atoms with van der Waals surface area (Å²) in [6.45, 7) is 7.57. The summed E-state index contributed by atoms with van der Waals surface area (Å²) in [4.78, 5) is 2.32. The van der Waals surface area contributed by atoms with Crippen LogP contribution in [0.3, 0.4) is 0 Å². The molecule has 3 heteroatoms. The van der Waals surface area contributed by atoms with E-state index in [1.807, 2.05) is 18.2 Å². The van der Waals surface area contributed by atoms with E-state index in [0.29, 0.717) is 6.04 Å². The predicted octanol–water partition coefficient (Wildman–Crippen LogP) is 4.73. The zero-order chi connectivity index (χ0) is 13.5. The van der Waals surface area contributed by atoms with Crippen LogP contribution in [0.1, 0.15) is 45.6 Å². The number of hydrogen-bond donors (Lipinski definition) is 0. The summed E-state index contributed by atoms with van der Waals surface area (Å²) in [6, 6.07) is 8.66. The van der Waals surface area contributed by atoms with Crippen molar-refractivity contribution in [3.05, 3.63) is 28.2 Å². The summed E-state index contributed by atoms with van der Waals surface area (Å²) in [6.07, 6.45) is 3.63. The van der Waals surface area contributed by atoms with E-state index < -0.39 is 0 Å². The molecule has 0 amide bonds. The third-order valence-corrected chi connectivity index (χ3v) is 3.70. The van der Waals surface area contributed by atoms with Crippen LogP contribution in [-0.2, 0) is 0 Å². The molecule has 0 aromatic heterocycles. The van der Waals surface area contributed by atoms with Crippen molar-refractivity contribution >= 4 is 21.6 Å². The molecule has 0 N–H and O–H groups in total. The molecular weight excluding hydrogens is 288 g/mol. The van der Waals surface area contributed by atoms with Crippen LogP contribution in [0, 0.1) is 11.3 Å². The quantitative estimate of drug-likeness (QED) is 0.711. The lowest BCUT2D eigenvalue weighted by Gasteiger charge is -2.30. The van der Waals surface area contributed by atoms with Crippen molar-refractivity contribution in [2.75, 3.05) is 11.4 Å². The Labute approximate surface area is 119 Å². The van der Waals surface area contributed by atoms with Gasteiger partial charge in [0.2, 0.25) is 0 Å². The second kappa shape index (κ2) is 7.43. The van der Waals surface area contributed by atoms with Gasteiger partial charge in [0, 0.05) is 17.1 Å². The molecule has 0 saturated carbocycles. The standard InChI is InChI=1S/C15H21BrN2/c1-4-5-6-10-18(12(2)3)15-9-7-8-14(16)13(15)11-17/h7-9,12H,4-6,10H2,1-3H3. The maximum atomic E-state index is 9.29. The summed E-state index contributed by atoms with van der Waals surface area (Å²) in [7, 11) is 0. The van der Waals surface area contributed by atoms with Crippen molar-refractivity contribution in [1.82, 2.24) is 0 Å². The van der Waals surface area contributed by atoms with Gasteiger partial charge in [-0.2, -0.15) is 5.26 Å². The lowest BCUT2D eigenvalue weighted by atomic mass is 10.1. The molecule has 0 heterocycles. The highest BCUT2D eigenvalue weighted by Crippen LogP contribution is 2.28. The van der Waals surface area contributed by atoms with Gasteiger partial charge in [-0.3, -0.25) is 0 Å². The molecule has 1 aromatic carbocycles. The molecule has 0 aliphatic heterocycles. The zero-order valence-corrected chi connectivity index (χ0v) is 13.0. The van der Waals surface area contributed by atoms with E-state index in [0.717, 1.165) is 22.3 Å². The van der Waals surface area contributed by atoms with Crippen molar-refractivity contribution in [1.29, 1.82) is 5.26 Å². The van der Waals surface area contributed by atoms with E-state index in [1.165, 1.54) is 19.3 Å². The molecule has 98 valence electrons. The van der Waals surface area contributed by atoms with Crippen molar-refractivity contribution < 1.29 is 0 Å². The molecule has 0 unspecified atom stereocenters. The van der Waals surface area contributed by atoms with Crippen molar-refractivity contribution in [2.24, 2.45) is 0 Å². The third-order valence-electron chi connectivity index (χ3n) is 3.04. The summed E-state index contributed by atoms with van der Waals surface area (Å²) < 4.78 is 0.878.